The van der Waals surface area contributed by atoms with Crippen molar-refractivity contribution in [2.24, 2.45) is 5.73 Å². The van der Waals surface area contributed by atoms with E-state index >= 15 is 0 Å². The van der Waals surface area contributed by atoms with Gasteiger partial charge in [-0.05, 0) is 12.1 Å². The van der Waals surface area contributed by atoms with Crippen LogP contribution in [0, 0.1) is 0 Å². The van der Waals surface area contributed by atoms with Gasteiger partial charge in [-0.25, -0.2) is 4.79 Å². The predicted molar refractivity (Wildman–Crippen MR) is 53.2 cm³/mol. The van der Waals surface area contributed by atoms with Gasteiger partial charge in [0.1, 0.15) is 0 Å². The molecule has 1 aromatic rings. The third-order valence-electron chi connectivity index (χ3n) is 1.71. The van der Waals surface area contributed by atoms with Crippen molar-refractivity contribution in [3.63, 3.8) is 0 Å². The molecule has 1 heterocycles. The zero-order chi connectivity index (χ0) is 10.6. The minimum absolute atomic E-state index is 0.253. The van der Waals surface area contributed by atoms with Gasteiger partial charge >= 0.3 is 6.09 Å². The molecule has 5 N–H and O–H groups in total. The first-order valence-corrected chi connectivity index (χ1v) is 4.88. The van der Waals surface area contributed by atoms with Crippen molar-refractivity contribution in [3.8, 4) is 0 Å². The highest BCUT2D eigenvalue weighted by Gasteiger charge is 2.14. The lowest BCUT2D eigenvalue weighted by Gasteiger charge is -2.11. The van der Waals surface area contributed by atoms with E-state index in [-0.39, 0.29) is 6.61 Å². The summed E-state index contributed by atoms with van der Waals surface area (Å²) >= 11 is 1.40. The molecule has 1 rings (SSSR count). The van der Waals surface area contributed by atoms with Crippen molar-refractivity contribution in [2.45, 2.75) is 12.6 Å². The Labute approximate surface area is 85.2 Å². The maximum Gasteiger partial charge on any atom is 0.405 e. The van der Waals surface area contributed by atoms with Crippen molar-refractivity contribution < 1.29 is 15.0 Å². The maximum atomic E-state index is 10.4. The van der Waals surface area contributed by atoms with Crippen molar-refractivity contribution in [1.82, 2.24) is 5.32 Å². The number of hydrogen-bond acceptors (Lipinski definition) is 4. The third-order valence-corrected chi connectivity index (χ3v) is 2.93. The van der Waals surface area contributed by atoms with Crippen LogP contribution in [0.25, 0.3) is 0 Å². The minimum Gasteiger partial charge on any atom is -0.465 e. The van der Waals surface area contributed by atoms with Gasteiger partial charge in [-0.3, -0.25) is 0 Å². The van der Waals surface area contributed by atoms with Crippen LogP contribution in [0.3, 0.4) is 0 Å². The maximum absolute atomic E-state index is 10.4. The summed E-state index contributed by atoms with van der Waals surface area (Å²) < 4.78 is 0. The molecule has 78 valence electrons. The lowest BCUT2D eigenvalue weighted by Crippen LogP contribution is -2.28. The molecule has 1 amide bonds. The van der Waals surface area contributed by atoms with E-state index in [2.05, 4.69) is 5.32 Å². The Hall–Kier alpha value is -1.11. The quantitative estimate of drug-likeness (QED) is 0.589. The van der Waals surface area contributed by atoms with Crippen LogP contribution < -0.4 is 11.1 Å². The molecule has 1 aromatic heterocycles. The van der Waals surface area contributed by atoms with Gasteiger partial charge < -0.3 is 21.3 Å². The highest BCUT2D eigenvalue weighted by Crippen LogP contribution is 2.22. The van der Waals surface area contributed by atoms with Gasteiger partial charge in [-0.1, -0.05) is 0 Å². The molecule has 0 bridgehead atoms. The molecule has 0 saturated heterocycles. The van der Waals surface area contributed by atoms with E-state index in [0.717, 1.165) is 9.75 Å². The highest BCUT2D eigenvalue weighted by atomic mass is 32.1. The predicted octanol–water partition coefficient (Wildman–Crippen LogP) is 0.508. The van der Waals surface area contributed by atoms with Gasteiger partial charge in [-0.2, -0.15) is 0 Å². The standard InChI is InChI=1S/C8H12N2O3S/c9-3-5-1-2-7(14-5)6(4-11)10-8(12)13/h1-2,6,10-11H,3-4,9H2,(H,12,13)/t6-/m1/s1. The monoisotopic (exact) mass is 216 g/mol. The number of hydrogen-bond donors (Lipinski definition) is 4. The number of amides is 1. The molecule has 1 atom stereocenters. The Bertz CT molecular complexity index is 313. The van der Waals surface area contributed by atoms with E-state index in [1.165, 1.54) is 11.3 Å². The lowest BCUT2D eigenvalue weighted by molar-refractivity contribution is 0.178. The number of nitrogens with two attached hydrogens (primary N) is 1. The van der Waals surface area contributed by atoms with E-state index in [9.17, 15) is 4.79 Å². The fourth-order valence-electron chi connectivity index (χ4n) is 1.05. The molecule has 0 unspecified atom stereocenters. The molecule has 0 aromatic carbocycles. The minimum atomic E-state index is -1.15. The first kappa shape index (κ1) is 11.0. The van der Waals surface area contributed by atoms with Gasteiger partial charge in [0.15, 0.2) is 0 Å². The summed E-state index contributed by atoms with van der Waals surface area (Å²) in [5, 5.41) is 19.7. The summed E-state index contributed by atoms with van der Waals surface area (Å²) in [6.07, 6.45) is -1.15. The lowest BCUT2D eigenvalue weighted by atomic mass is 10.2. The van der Waals surface area contributed by atoms with E-state index in [1.807, 2.05) is 6.07 Å². The number of carbonyl (C=O) groups is 1. The van der Waals surface area contributed by atoms with Crippen LogP contribution in [0.15, 0.2) is 12.1 Å². The number of aliphatic hydroxyl groups is 1. The molecule has 0 radical (unpaired) electrons. The number of rotatable bonds is 4. The Morgan fingerprint density at radius 2 is 2.36 bits per heavy atom. The SMILES string of the molecule is NCc1ccc([C@@H](CO)NC(=O)O)s1. The van der Waals surface area contributed by atoms with Gasteiger partial charge in [0.2, 0.25) is 0 Å². The third kappa shape index (κ3) is 2.69. The molecule has 0 fully saturated rings. The van der Waals surface area contributed by atoms with Crippen LogP contribution in [0.1, 0.15) is 15.8 Å². The first-order chi connectivity index (χ1) is 6.67. The molecule has 0 aliphatic carbocycles. The van der Waals surface area contributed by atoms with Gasteiger partial charge in [0.25, 0.3) is 0 Å². The number of thiophene rings is 1. The average molecular weight is 216 g/mol. The zero-order valence-corrected chi connectivity index (χ0v) is 8.25. The number of carboxylic acid groups (broad SMARTS) is 1. The van der Waals surface area contributed by atoms with Crippen LogP contribution in [-0.4, -0.2) is 22.9 Å². The van der Waals surface area contributed by atoms with E-state index in [1.54, 1.807) is 6.07 Å². The zero-order valence-electron chi connectivity index (χ0n) is 7.43. The number of nitrogens with one attached hydrogen (secondary N) is 1. The van der Waals surface area contributed by atoms with Crippen molar-refractivity contribution in [2.75, 3.05) is 6.61 Å². The molecule has 0 spiro atoms. The summed E-state index contributed by atoms with van der Waals surface area (Å²) in [5.41, 5.74) is 5.42. The molecular formula is C8H12N2O3S. The summed E-state index contributed by atoms with van der Waals surface area (Å²) in [6, 6.07) is 3.04. The van der Waals surface area contributed by atoms with E-state index in [4.69, 9.17) is 15.9 Å². The molecule has 6 heteroatoms. The van der Waals surface area contributed by atoms with Crippen LogP contribution >= 0.6 is 11.3 Å². The van der Waals surface area contributed by atoms with Gasteiger partial charge in [0, 0.05) is 16.3 Å². The fourth-order valence-corrected chi connectivity index (χ4v) is 1.98. The summed E-state index contributed by atoms with van der Waals surface area (Å²) in [5.74, 6) is 0. The summed E-state index contributed by atoms with van der Waals surface area (Å²) in [4.78, 5) is 12.1. The van der Waals surface area contributed by atoms with E-state index in [0.29, 0.717) is 6.54 Å². The molecule has 0 aliphatic rings. The Morgan fingerprint density at radius 3 is 2.79 bits per heavy atom. The molecule has 5 nitrogen and oxygen atoms in total. The van der Waals surface area contributed by atoms with Gasteiger partial charge in [0.05, 0.1) is 12.6 Å². The fraction of sp³-hybridized carbons (Fsp3) is 0.375. The van der Waals surface area contributed by atoms with Crippen molar-refractivity contribution in [1.29, 1.82) is 0 Å². The van der Waals surface area contributed by atoms with Crippen LogP contribution in [0.2, 0.25) is 0 Å². The van der Waals surface area contributed by atoms with Crippen LogP contribution in [0.5, 0.6) is 0 Å². The van der Waals surface area contributed by atoms with E-state index < -0.39 is 12.1 Å². The highest BCUT2D eigenvalue weighted by molar-refractivity contribution is 7.12. The molecule has 0 saturated carbocycles. The van der Waals surface area contributed by atoms with Crippen LogP contribution in [-0.2, 0) is 6.54 Å². The van der Waals surface area contributed by atoms with Crippen molar-refractivity contribution in [3.05, 3.63) is 21.9 Å². The summed E-state index contributed by atoms with van der Waals surface area (Å²) in [7, 11) is 0. The molecular weight excluding hydrogens is 204 g/mol. The summed E-state index contributed by atoms with van der Waals surface area (Å²) in [6.45, 7) is 0.173. The second kappa shape index (κ2) is 4.94. The number of aliphatic hydroxyl groups excluding tert-OH is 1. The van der Waals surface area contributed by atoms with Gasteiger partial charge in [-0.15, -0.1) is 11.3 Å². The Kier molecular flexibility index (Phi) is 3.87. The average Bonchev–Trinajstić information content (AvgIpc) is 2.62. The van der Waals surface area contributed by atoms with Crippen molar-refractivity contribution >= 4 is 17.4 Å². The Morgan fingerprint density at radius 1 is 1.64 bits per heavy atom. The second-order valence-corrected chi connectivity index (χ2v) is 3.89. The molecule has 14 heavy (non-hydrogen) atoms. The van der Waals surface area contributed by atoms with Crippen LogP contribution in [0.4, 0.5) is 4.79 Å². The normalized spacial score (nSPS) is 12.4. The molecule has 0 aliphatic heterocycles. The second-order valence-electron chi connectivity index (χ2n) is 2.69. The Balaban J connectivity index is 2.73. The topological polar surface area (TPSA) is 95.6 Å². The largest absolute Gasteiger partial charge is 0.465 e. The first-order valence-electron chi connectivity index (χ1n) is 4.06. The smallest absolute Gasteiger partial charge is 0.405 e.